The van der Waals surface area contributed by atoms with Gasteiger partial charge < -0.3 is 10.1 Å². The van der Waals surface area contributed by atoms with Crippen molar-refractivity contribution in [3.63, 3.8) is 0 Å². The first-order chi connectivity index (χ1) is 9.52. The predicted octanol–water partition coefficient (Wildman–Crippen LogP) is 4.56. The van der Waals surface area contributed by atoms with Crippen LogP contribution in [0.4, 0.5) is 0 Å². The third-order valence-corrected chi connectivity index (χ3v) is 3.39. The van der Waals surface area contributed by atoms with Crippen molar-refractivity contribution in [1.29, 1.82) is 0 Å². The van der Waals surface area contributed by atoms with Gasteiger partial charge in [0.25, 0.3) is 0 Å². The van der Waals surface area contributed by atoms with Gasteiger partial charge in [-0.05, 0) is 37.8 Å². The standard InChI is InChI=1S/C18H31NO/c1-6-7-16(5)13-20-18-9-8-15(4)10-17(18)12-19-11-14(2)3/h8-10,14,16,19H,6-7,11-13H2,1-5H3. The van der Waals surface area contributed by atoms with Gasteiger partial charge in [0, 0.05) is 12.1 Å². The van der Waals surface area contributed by atoms with Gasteiger partial charge in [0.05, 0.1) is 6.61 Å². The van der Waals surface area contributed by atoms with Crippen molar-refractivity contribution >= 4 is 0 Å². The van der Waals surface area contributed by atoms with Gasteiger partial charge in [-0.15, -0.1) is 0 Å². The molecule has 1 aromatic carbocycles. The Labute approximate surface area is 124 Å². The van der Waals surface area contributed by atoms with E-state index in [9.17, 15) is 0 Å². The zero-order valence-corrected chi connectivity index (χ0v) is 13.8. The van der Waals surface area contributed by atoms with E-state index in [1.807, 2.05) is 0 Å². The summed E-state index contributed by atoms with van der Waals surface area (Å²) >= 11 is 0. The summed E-state index contributed by atoms with van der Waals surface area (Å²) in [7, 11) is 0. The predicted molar refractivity (Wildman–Crippen MR) is 87.3 cm³/mol. The van der Waals surface area contributed by atoms with Crippen LogP contribution < -0.4 is 10.1 Å². The Morgan fingerprint density at radius 2 is 1.95 bits per heavy atom. The van der Waals surface area contributed by atoms with E-state index in [0.29, 0.717) is 11.8 Å². The largest absolute Gasteiger partial charge is 0.493 e. The first-order valence-electron chi connectivity index (χ1n) is 7.96. The minimum absolute atomic E-state index is 0.623. The van der Waals surface area contributed by atoms with Gasteiger partial charge in [-0.25, -0.2) is 0 Å². The normalized spacial score (nSPS) is 12.7. The topological polar surface area (TPSA) is 21.3 Å². The summed E-state index contributed by atoms with van der Waals surface area (Å²) in [6.07, 6.45) is 2.45. The average molecular weight is 277 g/mol. The molecule has 2 heteroatoms. The summed E-state index contributed by atoms with van der Waals surface area (Å²) in [5.74, 6) is 2.33. The van der Waals surface area contributed by atoms with Crippen LogP contribution in [0, 0.1) is 18.8 Å². The molecule has 0 fully saturated rings. The molecule has 2 nitrogen and oxygen atoms in total. The number of nitrogens with one attached hydrogen (secondary N) is 1. The van der Waals surface area contributed by atoms with E-state index < -0.39 is 0 Å². The molecule has 1 rings (SSSR count). The second-order valence-corrected chi connectivity index (χ2v) is 6.34. The Bertz CT molecular complexity index is 387. The zero-order valence-electron chi connectivity index (χ0n) is 13.8. The number of benzene rings is 1. The highest BCUT2D eigenvalue weighted by Crippen LogP contribution is 2.21. The smallest absolute Gasteiger partial charge is 0.123 e. The molecule has 0 bridgehead atoms. The molecule has 0 aliphatic rings. The molecule has 1 atom stereocenters. The third-order valence-electron chi connectivity index (χ3n) is 3.39. The maximum atomic E-state index is 6.02. The Morgan fingerprint density at radius 3 is 2.60 bits per heavy atom. The number of rotatable bonds is 9. The molecule has 1 N–H and O–H groups in total. The summed E-state index contributed by atoms with van der Waals surface area (Å²) < 4.78 is 6.02. The summed E-state index contributed by atoms with van der Waals surface area (Å²) in [5, 5.41) is 3.50. The maximum Gasteiger partial charge on any atom is 0.123 e. The first-order valence-corrected chi connectivity index (χ1v) is 7.96. The fourth-order valence-electron chi connectivity index (χ4n) is 2.29. The van der Waals surface area contributed by atoms with Crippen LogP contribution in [0.25, 0.3) is 0 Å². The molecule has 0 aromatic heterocycles. The molecule has 1 unspecified atom stereocenters. The van der Waals surface area contributed by atoms with Crippen LogP contribution in [-0.4, -0.2) is 13.2 Å². The Morgan fingerprint density at radius 1 is 1.20 bits per heavy atom. The molecule has 0 radical (unpaired) electrons. The maximum absolute atomic E-state index is 6.02. The second-order valence-electron chi connectivity index (χ2n) is 6.34. The van der Waals surface area contributed by atoms with Gasteiger partial charge in [-0.1, -0.05) is 51.8 Å². The molecule has 1 aromatic rings. The highest BCUT2D eigenvalue weighted by molar-refractivity contribution is 5.36. The lowest BCUT2D eigenvalue weighted by Crippen LogP contribution is -2.20. The van der Waals surface area contributed by atoms with Crippen molar-refractivity contribution in [3.8, 4) is 5.75 Å². The van der Waals surface area contributed by atoms with Gasteiger partial charge >= 0.3 is 0 Å². The molecule has 0 saturated heterocycles. The van der Waals surface area contributed by atoms with E-state index in [0.717, 1.165) is 25.4 Å². The van der Waals surface area contributed by atoms with Crippen LogP contribution >= 0.6 is 0 Å². The number of hydrogen-bond donors (Lipinski definition) is 1. The van der Waals surface area contributed by atoms with Crippen molar-refractivity contribution in [3.05, 3.63) is 29.3 Å². The molecule has 0 heterocycles. The number of ether oxygens (including phenoxy) is 1. The summed E-state index contributed by atoms with van der Waals surface area (Å²) in [5.41, 5.74) is 2.56. The van der Waals surface area contributed by atoms with Crippen molar-refractivity contribution in [2.45, 2.75) is 54.0 Å². The fraction of sp³-hybridized carbons (Fsp3) is 0.667. The van der Waals surface area contributed by atoms with E-state index in [2.05, 4.69) is 58.1 Å². The lowest BCUT2D eigenvalue weighted by Gasteiger charge is -2.16. The van der Waals surface area contributed by atoms with Crippen molar-refractivity contribution in [2.24, 2.45) is 11.8 Å². The fourth-order valence-corrected chi connectivity index (χ4v) is 2.29. The highest BCUT2D eigenvalue weighted by atomic mass is 16.5. The van der Waals surface area contributed by atoms with Crippen LogP contribution in [-0.2, 0) is 6.54 Å². The molecule has 114 valence electrons. The molecular weight excluding hydrogens is 246 g/mol. The van der Waals surface area contributed by atoms with Crippen molar-refractivity contribution in [1.82, 2.24) is 5.32 Å². The van der Waals surface area contributed by atoms with Gasteiger partial charge in [-0.3, -0.25) is 0 Å². The van der Waals surface area contributed by atoms with Crippen LogP contribution in [0.5, 0.6) is 5.75 Å². The minimum atomic E-state index is 0.623. The molecule has 0 amide bonds. The lowest BCUT2D eigenvalue weighted by molar-refractivity contribution is 0.249. The van der Waals surface area contributed by atoms with Gasteiger partial charge in [0.15, 0.2) is 0 Å². The Kier molecular flexibility index (Phi) is 7.68. The molecule has 0 saturated carbocycles. The quantitative estimate of drug-likeness (QED) is 0.714. The van der Waals surface area contributed by atoms with Crippen LogP contribution in [0.15, 0.2) is 18.2 Å². The van der Waals surface area contributed by atoms with E-state index >= 15 is 0 Å². The number of aryl methyl sites for hydroxylation is 1. The van der Waals surface area contributed by atoms with Crippen LogP contribution in [0.2, 0.25) is 0 Å². The summed E-state index contributed by atoms with van der Waals surface area (Å²) in [6, 6.07) is 6.47. The van der Waals surface area contributed by atoms with E-state index in [-0.39, 0.29) is 0 Å². The third kappa shape index (κ3) is 6.42. The molecule has 20 heavy (non-hydrogen) atoms. The van der Waals surface area contributed by atoms with E-state index in [1.54, 1.807) is 0 Å². The lowest BCUT2D eigenvalue weighted by atomic mass is 10.1. The molecule has 0 aliphatic carbocycles. The Balaban J connectivity index is 2.59. The van der Waals surface area contributed by atoms with E-state index in [4.69, 9.17) is 4.74 Å². The summed E-state index contributed by atoms with van der Waals surface area (Å²) in [4.78, 5) is 0. The van der Waals surface area contributed by atoms with E-state index in [1.165, 1.54) is 24.0 Å². The SMILES string of the molecule is CCCC(C)COc1ccc(C)cc1CNCC(C)C. The molecular formula is C18H31NO. The van der Waals surface area contributed by atoms with Crippen LogP contribution in [0.1, 0.15) is 51.7 Å². The first kappa shape index (κ1) is 17.0. The Hall–Kier alpha value is -1.02. The zero-order chi connectivity index (χ0) is 15.0. The van der Waals surface area contributed by atoms with Crippen LogP contribution in [0.3, 0.4) is 0 Å². The molecule has 0 spiro atoms. The van der Waals surface area contributed by atoms with Crippen molar-refractivity contribution < 1.29 is 4.74 Å². The number of hydrogen-bond acceptors (Lipinski definition) is 2. The van der Waals surface area contributed by atoms with Crippen molar-refractivity contribution in [2.75, 3.05) is 13.2 Å². The summed E-state index contributed by atoms with van der Waals surface area (Å²) in [6.45, 7) is 13.8. The minimum Gasteiger partial charge on any atom is -0.493 e. The van der Waals surface area contributed by atoms with Gasteiger partial charge in [0.1, 0.15) is 5.75 Å². The molecule has 0 aliphatic heterocycles. The highest BCUT2D eigenvalue weighted by Gasteiger charge is 2.07. The second kappa shape index (κ2) is 9.02. The monoisotopic (exact) mass is 277 g/mol. The van der Waals surface area contributed by atoms with Gasteiger partial charge in [0.2, 0.25) is 0 Å². The van der Waals surface area contributed by atoms with Gasteiger partial charge in [-0.2, -0.15) is 0 Å². The average Bonchev–Trinajstić information content (AvgIpc) is 2.37.